The van der Waals surface area contributed by atoms with Crippen LogP contribution in [0.2, 0.25) is 0 Å². The molecule has 7 nitrogen and oxygen atoms in total. The summed E-state index contributed by atoms with van der Waals surface area (Å²) in [5.41, 5.74) is 0.574. The van der Waals surface area contributed by atoms with E-state index in [0.717, 1.165) is 10.7 Å². The number of carboxylic acid groups (broad SMARTS) is 1. The number of aromatic nitrogens is 2. The molecule has 0 radical (unpaired) electrons. The molecule has 0 spiro atoms. The van der Waals surface area contributed by atoms with Crippen LogP contribution in [-0.2, 0) is 19.0 Å². The van der Waals surface area contributed by atoms with Crippen molar-refractivity contribution in [3.8, 4) is 16.9 Å². The molecule has 1 fully saturated rings. The van der Waals surface area contributed by atoms with Crippen LogP contribution in [0.15, 0.2) is 47.3 Å². The summed E-state index contributed by atoms with van der Waals surface area (Å²) in [6, 6.07) is 9.48. The predicted molar refractivity (Wildman–Crippen MR) is 122 cm³/mol. The Kier molecular flexibility index (Phi) is 5.63. The second-order valence-electron chi connectivity index (χ2n) is 8.85. The van der Waals surface area contributed by atoms with Crippen LogP contribution < -0.4 is 10.5 Å². The first-order chi connectivity index (χ1) is 16.6. The Morgan fingerprint density at radius 1 is 1.06 bits per heavy atom. The van der Waals surface area contributed by atoms with Crippen molar-refractivity contribution in [3.63, 3.8) is 0 Å². The fourth-order valence-electron chi connectivity index (χ4n) is 4.85. The van der Waals surface area contributed by atoms with E-state index in [1.54, 1.807) is 17.0 Å². The number of fused-ring (bicyclic) bond motifs is 1. The predicted octanol–water partition coefficient (Wildman–Crippen LogP) is 3.68. The molecule has 1 aliphatic heterocycles. The first kappa shape index (κ1) is 23.1. The van der Waals surface area contributed by atoms with E-state index in [1.807, 2.05) is 0 Å². The molecule has 1 saturated heterocycles. The molecule has 1 atom stereocenters. The number of carboxylic acids is 1. The zero-order valence-corrected chi connectivity index (χ0v) is 18.5. The Hall–Kier alpha value is -3.66. The average Bonchev–Trinajstić information content (AvgIpc) is 3.48. The molecule has 2 aliphatic rings. The maximum absolute atomic E-state index is 14.0. The molecule has 1 aliphatic carbocycles. The van der Waals surface area contributed by atoms with E-state index < -0.39 is 29.4 Å². The van der Waals surface area contributed by atoms with E-state index in [1.165, 1.54) is 24.3 Å². The van der Waals surface area contributed by atoms with Crippen molar-refractivity contribution >= 4 is 11.7 Å². The van der Waals surface area contributed by atoms with Gasteiger partial charge in [0.05, 0.1) is 28.6 Å². The number of anilines is 1. The van der Waals surface area contributed by atoms with Crippen LogP contribution in [0.1, 0.15) is 39.9 Å². The van der Waals surface area contributed by atoms with Crippen LogP contribution in [0.25, 0.3) is 16.9 Å². The number of aromatic carboxylic acids is 1. The van der Waals surface area contributed by atoms with Gasteiger partial charge in [0, 0.05) is 29.9 Å². The quantitative estimate of drug-likeness (QED) is 0.586. The monoisotopic (exact) mass is 485 g/mol. The molecule has 5 rings (SSSR count). The second kappa shape index (κ2) is 8.53. The lowest BCUT2D eigenvalue weighted by atomic mass is 10.0. The number of alkyl halides is 3. The second-order valence-corrected chi connectivity index (χ2v) is 8.85. The van der Waals surface area contributed by atoms with E-state index in [2.05, 4.69) is 5.10 Å². The lowest BCUT2D eigenvalue weighted by Gasteiger charge is -2.22. The third-order valence-corrected chi connectivity index (χ3v) is 6.60. The fourth-order valence-corrected chi connectivity index (χ4v) is 4.85. The molecule has 2 N–H and O–H groups in total. The van der Waals surface area contributed by atoms with Gasteiger partial charge in [-0.3, -0.25) is 4.79 Å². The number of hydrogen-bond acceptors (Lipinski definition) is 5. The molecule has 10 heteroatoms. The van der Waals surface area contributed by atoms with Crippen molar-refractivity contribution in [2.75, 3.05) is 18.0 Å². The summed E-state index contributed by atoms with van der Waals surface area (Å²) in [5, 5.41) is 23.5. The van der Waals surface area contributed by atoms with Gasteiger partial charge in [0.25, 0.3) is 5.56 Å². The number of nitrogens with zero attached hydrogens (tertiary/aromatic N) is 3. The summed E-state index contributed by atoms with van der Waals surface area (Å²) in [6.07, 6.45) is -3.12. The summed E-state index contributed by atoms with van der Waals surface area (Å²) >= 11 is 0. The molecule has 182 valence electrons. The largest absolute Gasteiger partial charge is 0.478 e. The molecule has 2 heterocycles. The Morgan fingerprint density at radius 2 is 1.77 bits per heavy atom. The molecule has 0 bridgehead atoms. The van der Waals surface area contributed by atoms with Gasteiger partial charge >= 0.3 is 12.1 Å². The van der Waals surface area contributed by atoms with Crippen LogP contribution in [0.3, 0.4) is 0 Å². The first-order valence-corrected chi connectivity index (χ1v) is 11.3. The van der Waals surface area contributed by atoms with Crippen LogP contribution in [-0.4, -0.2) is 45.2 Å². The molecule has 1 aromatic heterocycles. The number of benzene rings is 2. The van der Waals surface area contributed by atoms with Crippen molar-refractivity contribution in [2.24, 2.45) is 0 Å². The number of hydrogen-bond donors (Lipinski definition) is 2. The van der Waals surface area contributed by atoms with Gasteiger partial charge in [-0.1, -0.05) is 12.1 Å². The number of aliphatic hydroxyl groups is 1. The van der Waals surface area contributed by atoms with E-state index in [0.29, 0.717) is 66.8 Å². The minimum absolute atomic E-state index is 0.0681. The summed E-state index contributed by atoms with van der Waals surface area (Å²) in [7, 11) is 0. The molecule has 3 aromatic rings. The van der Waals surface area contributed by atoms with Gasteiger partial charge in [-0.05, 0) is 61.6 Å². The average molecular weight is 485 g/mol. The van der Waals surface area contributed by atoms with Crippen molar-refractivity contribution in [2.45, 2.75) is 38.0 Å². The Morgan fingerprint density at radius 3 is 2.40 bits per heavy atom. The van der Waals surface area contributed by atoms with Gasteiger partial charge in [0.2, 0.25) is 0 Å². The van der Waals surface area contributed by atoms with Gasteiger partial charge in [-0.2, -0.15) is 23.0 Å². The molecule has 0 amide bonds. The maximum Gasteiger partial charge on any atom is 0.418 e. The van der Waals surface area contributed by atoms with Gasteiger partial charge in [0.1, 0.15) is 0 Å². The smallest absolute Gasteiger partial charge is 0.418 e. The highest BCUT2D eigenvalue weighted by Gasteiger charge is 2.36. The number of halogens is 3. The molecule has 0 saturated carbocycles. The SMILES string of the molecule is O=C(O)c1ccc(-c2nn(-c3cc(N4CCC(O)C4)ccc3C(F)(F)F)c(=O)c3c2CCC3)cc1. The van der Waals surface area contributed by atoms with Crippen molar-refractivity contribution in [3.05, 3.63) is 75.1 Å². The fraction of sp³-hybridized carbons (Fsp3) is 0.320. The van der Waals surface area contributed by atoms with E-state index in [9.17, 15) is 33.0 Å². The topological polar surface area (TPSA) is 95.7 Å². The lowest BCUT2D eigenvalue weighted by Crippen LogP contribution is -2.29. The van der Waals surface area contributed by atoms with E-state index >= 15 is 0 Å². The minimum atomic E-state index is -4.72. The number of aliphatic hydroxyl groups excluding tert-OH is 1. The molecule has 2 aromatic carbocycles. The highest BCUT2D eigenvalue weighted by atomic mass is 19.4. The van der Waals surface area contributed by atoms with Crippen molar-refractivity contribution < 1.29 is 28.2 Å². The Balaban J connectivity index is 1.71. The number of rotatable bonds is 4. The lowest BCUT2D eigenvalue weighted by molar-refractivity contribution is -0.137. The zero-order valence-electron chi connectivity index (χ0n) is 18.5. The Bertz CT molecular complexity index is 1370. The van der Waals surface area contributed by atoms with Gasteiger partial charge < -0.3 is 15.1 Å². The molecular weight excluding hydrogens is 463 g/mol. The third-order valence-electron chi connectivity index (χ3n) is 6.60. The summed E-state index contributed by atoms with van der Waals surface area (Å²) in [4.78, 5) is 26.4. The van der Waals surface area contributed by atoms with E-state index in [-0.39, 0.29) is 11.3 Å². The minimum Gasteiger partial charge on any atom is -0.478 e. The highest BCUT2D eigenvalue weighted by Crippen LogP contribution is 2.37. The van der Waals surface area contributed by atoms with Crippen LogP contribution in [0.4, 0.5) is 18.9 Å². The molecule has 35 heavy (non-hydrogen) atoms. The highest BCUT2D eigenvalue weighted by molar-refractivity contribution is 5.88. The van der Waals surface area contributed by atoms with E-state index in [4.69, 9.17) is 0 Å². The van der Waals surface area contributed by atoms with Crippen molar-refractivity contribution in [1.29, 1.82) is 0 Å². The van der Waals surface area contributed by atoms with Crippen LogP contribution in [0, 0.1) is 0 Å². The summed E-state index contributed by atoms with van der Waals surface area (Å²) in [6.45, 7) is 0.776. The van der Waals surface area contributed by atoms with Crippen LogP contribution in [0.5, 0.6) is 0 Å². The van der Waals surface area contributed by atoms with Gasteiger partial charge in [0.15, 0.2) is 0 Å². The standard InChI is InChI=1S/C25H22F3N3O4/c26-25(27,28)20-9-8-16(30-11-10-17(32)13-30)12-21(20)31-23(33)19-3-1-2-18(19)22(29-31)14-4-6-15(7-5-14)24(34)35/h4-9,12,17,32H,1-3,10-11,13H2,(H,34,35). The number of β-amino-alcohol motifs (C(OH)–C–C–N with tert-alkyl or cyclic N) is 1. The zero-order chi connectivity index (χ0) is 24.9. The first-order valence-electron chi connectivity index (χ1n) is 11.3. The van der Waals surface area contributed by atoms with Gasteiger partial charge in [-0.15, -0.1) is 0 Å². The summed E-state index contributed by atoms with van der Waals surface area (Å²) in [5.74, 6) is -1.10. The van der Waals surface area contributed by atoms with Crippen molar-refractivity contribution in [1.82, 2.24) is 9.78 Å². The van der Waals surface area contributed by atoms with Crippen LogP contribution >= 0.6 is 0 Å². The third kappa shape index (κ3) is 4.18. The molecular formula is C25H22F3N3O4. The maximum atomic E-state index is 14.0. The normalized spacial score (nSPS) is 17.6. The Labute approximate surface area is 198 Å². The molecule has 1 unspecified atom stereocenters. The van der Waals surface area contributed by atoms with Gasteiger partial charge in [-0.25, -0.2) is 4.79 Å². The number of carbonyl (C=O) groups is 1. The summed E-state index contributed by atoms with van der Waals surface area (Å²) < 4.78 is 42.8.